The maximum Gasteiger partial charge on any atom is 0.106 e. The molecule has 0 saturated heterocycles. The Hall–Kier alpha value is -0.900. The van der Waals surface area contributed by atoms with Gasteiger partial charge in [-0.15, -0.1) is 0 Å². The van der Waals surface area contributed by atoms with Crippen molar-refractivity contribution in [2.24, 2.45) is 5.73 Å². The summed E-state index contributed by atoms with van der Waals surface area (Å²) < 4.78 is 11.9. The van der Waals surface area contributed by atoms with Crippen molar-refractivity contribution < 1.29 is 9.47 Å². The maximum absolute atomic E-state index is 6.12. The Kier molecular flexibility index (Phi) is 4.16. The van der Waals surface area contributed by atoms with Crippen molar-refractivity contribution in [1.82, 2.24) is 0 Å². The number of benzene rings is 1. The summed E-state index contributed by atoms with van der Waals surface area (Å²) in [6, 6.07) is 8.72. The lowest BCUT2D eigenvalue weighted by molar-refractivity contribution is -0.0649. The van der Waals surface area contributed by atoms with Crippen molar-refractivity contribution in [3.8, 4) is 0 Å². The first-order valence-electron chi connectivity index (χ1n) is 7.41. The first-order valence-corrected chi connectivity index (χ1v) is 7.41. The molecule has 1 heterocycles. The SMILES string of the molecule is NC1CCCCC1OCC1OCCc2ccccc21. The molecule has 1 aromatic carbocycles. The predicted octanol–water partition coefficient (Wildman–Crippen LogP) is 2.59. The molecule has 0 bridgehead atoms. The van der Waals surface area contributed by atoms with Gasteiger partial charge >= 0.3 is 0 Å². The molecule has 0 amide bonds. The van der Waals surface area contributed by atoms with E-state index in [1.807, 2.05) is 0 Å². The van der Waals surface area contributed by atoms with Gasteiger partial charge in [0.15, 0.2) is 0 Å². The van der Waals surface area contributed by atoms with Crippen molar-refractivity contribution in [3.63, 3.8) is 0 Å². The van der Waals surface area contributed by atoms with Gasteiger partial charge in [0, 0.05) is 6.04 Å². The topological polar surface area (TPSA) is 44.5 Å². The zero-order valence-electron chi connectivity index (χ0n) is 11.4. The molecule has 3 atom stereocenters. The number of hydrogen-bond donors (Lipinski definition) is 1. The first-order chi connectivity index (χ1) is 9.34. The van der Waals surface area contributed by atoms with Gasteiger partial charge in [0.2, 0.25) is 0 Å². The average molecular weight is 261 g/mol. The molecule has 19 heavy (non-hydrogen) atoms. The fraction of sp³-hybridized carbons (Fsp3) is 0.625. The maximum atomic E-state index is 6.12. The van der Waals surface area contributed by atoms with Gasteiger partial charge in [-0.1, -0.05) is 37.1 Å². The molecule has 3 heteroatoms. The van der Waals surface area contributed by atoms with Crippen LogP contribution in [0.2, 0.25) is 0 Å². The lowest BCUT2D eigenvalue weighted by atomic mass is 9.93. The van der Waals surface area contributed by atoms with Crippen molar-refractivity contribution in [1.29, 1.82) is 0 Å². The monoisotopic (exact) mass is 261 g/mol. The van der Waals surface area contributed by atoms with Crippen molar-refractivity contribution in [2.75, 3.05) is 13.2 Å². The summed E-state index contributed by atoms with van der Waals surface area (Å²) in [6.45, 7) is 1.43. The molecule has 3 rings (SSSR count). The third-order valence-electron chi connectivity index (χ3n) is 4.31. The van der Waals surface area contributed by atoms with Crippen molar-refractivity contribution in [2.45, 2.75) is 50.4 Å². The number of hydrogen-bond acceptors (Lipinski definition) is 3. The Morgan fingerprint density at radius 2 is 2.05 bits per heavy atom. The summed E-state index contributed by atoms with van der Waals surface area (Å²) in [7, 11) is 0. The molecule has 2 aliphatic rings. The van der Waals surface area contributed by atoms with Crippen LogP contribution in [0.25, 0.3) is 0 Å². The van der Waals surface area contributed by atoms with Crippen LogP contribution >= 0.6 is 0 Å². The highest BCUT2D eigenvalue weighted by Gasteiger charge is 2.26. The molecule has 1 aliphatic heterocycles. The zero-order chi connectivity index (χ0) is 13.1. The molecule has 2 N–H and O–H groups in total. The van der Waals surface area contributed by atoms with Crippen LogP contribution in [-0.4, -0.2) is 25.4 Å². The normalized spacial score (nSPS) is 30.9. The smallest absolute Gasteiger partial charge is 0.106 e. The lowest BCUT2D eigenvalue weighted by Gasteiger charge is -2.32. The highest BCUT2D eigenvalue weighted by atomic mass is 16.5. The third-order valence-corrected chi connectivity index (χ3v) is 4.31. The van der Waals surface area contributed by atoms with Crippen LogP contribution in [0, 0.1) is 0 Å². The van der Waals surface area contributed by atoms with E-state index in [9.17, 15) is 0 Å². The first kappa shape index (κ1) is 13.1. The van der Waals surface area contributed by atoms with E-state index in [4.69, 9.17) is 15.2 Å². The summed E-state index contributed by atoms with van der Waals surface area (Å²) in [5.41, 5.74) is 8.81. The molecular formula is C16H23NO2. The fourth-order valence-electron chi connectivity index (χ4n) is 3.16. The van der Waals surface area contributed by atoms with Gasteiger partial charge in [0.05, 0.1) is 19.3 Å². The molecule has 0 spiro atoms. The molecule has 3 nitrogen and oxygen atoms in total. The minimum absolute atomic E-state index is 0.0825. The van der Waals surface area contributed by atoms with Gasteiger partial charge in [-0.3, -0.25) is 0 Å². The Balaban J connectivity index is 1.61. The highest BCUT2D eigenvalue weighted by Crippen LogP contribution is 2.28. The van der Waals surface area contributed by atoms with Crippen LogP contribution in [0.15, 0.2) is 24.3 Å². The van der Waals surface area contributed by atoms with E-state index in [1.165, 1.54) is 24.0 Å². The predicted molar refractivity (Wildman–Crippen MR) is 75.0 cm³/mol. The molecule has 104 valence electrons. The van der Waals surface area contributed by atoms with Gasteiger partial charge in [-0.25, -0.2) is 0 Å². The van der Waals surface area contributed by atoms with Crippen LogP contribution in [0.4, 0.5) is 0 Å². The second-order valence-electron chi connectivity index (χ2n) is 5.63. The molecule has 0 aromatic heterocycles. The molecule has 3 unspecified atom stereocenters. The summed E-state index contributed by atoms with van der Waals surface area (Å²) in [4.78, 5) is 0. The summed E-state index contributed by atoms with van der Waals surface area (Å²) in [6.07, 6.45) is 5.97. The van der Waals surface area contributed by atoms with E-state index in [1.54, 1.807) is 0 Å². The molecule has 0 radical (unpaired) electrons. The van der Waals surface area contributed by atoms with Gasteiger partial charge in [0.1, 0.15) is 6.10 Å². The molecular weight excluding hydrogens is 238 g/mol. The van der Waals surface area contributed by atoms with E-state index < -0.39 is 0 Å². The van der Waals surface area contributed by atoms with E-state index >= 15 is 0 Å². The van der Waals surface area contributed by atoms with Crippen molar-refractivity contribution >= 4 is 0 Å². The lowest BCUT2D eigenvalue weighted by Crippen LogP contribution is -2.40. The van der Waals surface area contributed by atoms with Crippen LogP contribution in [0.3, 0.4) is 0 Å². The molecule has 1 aromatic rings. The van der Waals surface area contributed by atoms with Gasteiger partial charge in [-0.05, 0) is 30.4 Å². The highest BCUT2D eigenvalue weighted by molar-refractivity contribution is 5.30. The number of nitrogens with two attached hydrogens (primary N) is 1. The zero-order valence-corrected chi connectivity index (χ0v) is 11.4. The van der Waals surface area contributed by atoms with E-state index in [2.05, 4.69) is 24.3 Å². The second-order valence-corrected chi connectivity index (χ2v) is 5.63. The van der Waals surface area contributed by atoms with Crippen LogP contribution in [0.1, 0.15) is 42.9 Å². The quantitative estimate of drug-likeness (QED) is 0.909. The summed E-state index contributed by atoms with van der Waals surface area (Å²) in [5.74, 6) is 0. The number of fused-ring (bicyclic) bond motifs is 1. The largest absolute Gasteiger partial charge is 0.374 e. The van der Waals surface area contributed by atoms with Crippen LogP contribution in [0.5, 0.6) is 0 Å². The second kappa shape index (κ2) is 6.04. The van der Waals surface area contributed by atoms with Gasteiger partial charge < -0.3 is 15.2 Å². The van der Waals surface area contributed by atoms with E-state index in [-0.39, 0.29) is 18.2 Å². The van der Waals surface area contributed by atoms with Crippen LogP contribution in [-0.2, 0) is 15.9 Å². The number of rotatable bonds is 3. The molecule has 1 fully saturated rings. The summed E-state index contributed by atoms with van der Waals surface area (Å²) in [5, 5.41) is 0. The molecule has 1 aliphatic carbocycles. The minimum atomic E-state index is 0.0825. The minimum Gasteiger partial charge on any atom is -0.374 e. The Bertz CT molecular complexity index is 421. The molecule has 1 saturated carbocycles. The Labute approximate surface area is 115 Å². The Morgan fingerprint density at radius 3 is 2.95 bits per heavy atom. The fourth-order valence-corrected chi connectivity index (χ4v) is 3.16. The standard InChI is InChI=1S/C16H23NO2/c17-14-7-3-4-8-15(14)19-11-16-13-6-2-1-5-12(13)9-10-18-16/h1-2,5-6,14-16H,3-4,7-11,17H2. The summed E-state index contributed by atoms with van der Waals surface area (Å²) >= 11 is 0. The van der Waals surface area contributed by atoms with E-state index in [0.29, 0.717) is 6.61 Å². The van der Waals surface area contributed by atoms with Gasteiger partial charge in [0.25, 0.3) is 0 Å². The van der Waals surface area contributed by atoms with Crippen molar-refractivity contribution in [3.05, 3.63) is 35.4 Å². The Morgan fingerprint density at radius 1 is 1.21 bits per heavy atom. The van der Waals surface area contributed by atoms with Gasteiger partial charge in [-0.2, -0.15) is 0 Å². The van der Waals surface area contributed by atoms with Crippen LogP contribution < -0.4 is 5.73 Å². The number of ether oxygens (including phenoxy) is 2. The average Bonchev–Trinajstić information content (AvgIpc) is 2.46. The van der Waals surface area contributed by atoms with E-state index in [0.717, 1.165) is 25.9 Å². The third kappa shape index (κ3) is 2.99.